The Labute approximate surface area is 143 Å². The van der Waals surface area contributed by atoms with Crippen LogP contribution in [0.3, 0.4) is 0 Å². The molecule has 3 rings (SSSR count). The van der Waals surface area contributed by atoms with Crippen molar-refractivity contribution < 1.29 is 9.59 Å². The van der Waals surface area contributed by atoms with Crippen molar-refractivity contribution in [2.75, 3.05) is 10.6 Å². The summed E-state index contributed by atoms with van der Waals surface area (Å²) in [6.45, 7) is 0. The quantitative estimate of drug-likeness (QED) is 0.833. The molecule has 1 aliphatic carbocycles. The number of carbonyl (C=O) groups is 2. The molecule has 0 radical (unpaired) electrons. The lowest BCUT2D eigenvalue weighted by Gasteiger charge is -2.08. The van der Waals surface area contributed by atoms with Crippen molar-refractivity contribution in [2.45, 2.75) is 19.3 Å². The summed E-state index contributed by atoms with van der Waals surface area (Å²) in [5, 5.41) is 5.73. The van der Waals surface area contributed by atoms with E-state index in [9.17, 15) is 9.59 Å². The maximum Gasteiger partial charge on any atom is 0.228 e. The molecule has 118 valence electrons. The first-order valence-corrected chi connectivity index (χ1v) is 8.35. The van der Waals surface area contributed by atoms with E-state index in [1.807, 2.05) is 24.3 Å². The summed E-state index contributed by atoms with van der Waals surface area (Å²) in [4.78, 5) is 23.7. The molecular formula is C18H17BrN2O2. The van der Waals surface area contributed by atoms with E-state index in [2.05, 4.69) is 26.6 Å². The number of halogens is 1. The molecule has 1 fully saturated rings. The van der Waals surface area contributed by atoms with Gasteiger partial charge in [-0.2, -0.15) is 0 Å². The van der Waals surface area contributed by atoms with Gasteiger partial charge in [-0.25, -0.2) is 0 Å². The van der Waals surface area contributed by atoms with E-state index in [0.717, 1.165) is 34.3 Å². The standard InChI is InChI=1S/C18H17BrN2O2/c19-14-5-1-12(2-6-14)11-17(22)20-15-7-9-16(10-8-15)21-18(23)13-3-4-13/h1-2,5-10,13H,3-4,11H2,(H,20,22)(H,21,23). The third kappa shape index (κ3) is 4.66. The average Bonchev–Trinajstić information content (AvgIpc) is 3.36. The van der Waals surface area contributed by atoms with Gasteiger partial charge in [-0.15, -0.1) is 0 Å². The third-order valence-electron chi connectivity index (χ3n) is 3.66. The summed E-state index contributed by atoms with van der Waals surface area (Å²) in [6, 6.07) is 14.9. The van der Waals surface area contributed by atoms with E-state index in [-0.39, 0.29) is 17.7 Å². The van der Waals surface area contributed by atoms with Crippen molar-refractivity contribution in [1.29, 1.82) is 0 Å². The zero-order valence-corrected chi connectivity index (χ0v) is 14.1. The zero-order chi connectivity index (χ0) is 16.2. The highest BCUT2D eigenvalue weighted by molar-refractivity contribution is 9.10. The van der Waals surface area contributed by atoms with Crippen LogP contribution in [0.25, 0.3) is 0 Å². The van der Waals surface area contributed by atoms with Crippen molar-refractivity contribution in [3.63, 3.8) is 0 Å². The number of nitrogens with one attached hydrogen (secondary N) is 2. The van der Waals surface area contributed by atoms with Gasteiger partial charge in [0.15, 0.2) is 0 Å². The summed E-state index contributed by atoms with van der Waals surface area (Å²) in [5.41, 5.74) is 2.43. The number of amides is 2. The molecule has 0 aliphatic heterocycles. The van der Waals surface area contributed by atoms with E-state index in [1.165, 1.54) is 0 Å². The highest BCUT2D eigenvalue weighted by atomic mass is 79.9. The maximum atomic E-state index is 12.0. The van der Waals surface area contributed by atoms with Gasteiger partial charge in [-0.05, 0) is 54.8 Å². The minimum absolute atomic E-state index is 0.0675. The molecule has 0 bridgehead atoms. The van der Waals surface area contributed by atoms with Crippen molar-refractivity contribution >= 4 is 39.1 Å². The van der Waals surface area contributed by atoms with Crippen molar-refractivity contribution in [2.24, 2.45) is 5.92 Å². The van der Waals surface area contributed by atoms with Crippen LogP contribution in [0.1, 0.15) is 18.4 Å². The lowest BCUT2D eigenvalue weighted by molar-refractivity contribution is -0.117. The van der Waals surface area contributed by atoms with Crippen LogP contribution in [0.5, 0.6) is 0 Å². The monoisotopic (exact) mass is 372 g/mol. The number of benzene rings is 2. The van der Waals surface area contributed by atoms with E-state index in [0.29, 0.717) is 6.42 Å². The molecule has 0 heterocycles. The molecule has 5 heteroatoms. The molecule has 0 aromatic heterocycles. The van der Waals surface area contributed by atoms with Crippen LogP contribution in [0.2, 0.25) is 0 Å². The first kappa shape index (κ1) is 15.7. The molecule has 23 heavy (non-hydrogen) atoms. The molecule has 1 saturated carbocycles. The van der Waals surface area contributed by atoms with Gasteiger partial charge in [-0.3, -0.25) is 9.59 Å². The van der Waals surface area contributed by atoms with Gasteiger partial charge < -0.3 is 10.6 Å². The van der Waals surface area contributed by atoms with Crippen molar-refractivity contribution in [1.82, 2.24) is 0 Å². The highest BCUT2D eigenvalue weighted by Gasteiger charge is 2.29. The minimum Gasteiger partial charge on any atom is -0.326 e. The largest absolute Gasteiger partial charge is 0.326 e. The molecule has 2 amide bonds. The molecular weight excluding hydrogens is 356 g/mol. The number of hydrogen-bond acceptors (Lipinski definition) is 2. The fourth-order valence-corrected chi connectivity index (χ4v) is 2.48. The van der Waals surface area contributed by atoms with Crippen LogP contribution in [-0.4, -0.2) is 11.8 Å². The molecule has 0 unspecified atom stereocenters. The van der Waals surface area contributed by atoms with Gasteiger partial charge in [0.1, 0.15) is 0 Å². The Morgan fingerprint density at radius 3 is 2.04 bits per heavy atom. The van der Waals surface area contributed by atoms with Gasteiger partial charge >= 0.3 is 0 Å². The second-order valence-electron chi connectivity index (χ2n) is 5.69. The Hall–Kier alpha value is -2.14. The summed E-state index contributed by atoms with van der Waals surface area (Å²) >= 11 is 3.37. The zero-order valence-electron chi connectivity index (χ0n) is 12.5. The maximum absolute atomic E-state index is 12.0. The summed E-state index contributed by atoms with van der Waals surface area (Å²) in [5.74, 6) is 0.194. The fraction of sp³-hybridized carbons (Fsp3) is 0.222. The van der Waals surface area contributed by atoms with Gasteiger partial charge in [0.2, 0.25) is 11.8 Å². The van der Waals surface area contributed by atoms with Crippen molar-refractivity contribution in [3.8, 4) is 0 Å². The number of anilines is 2. The Morgan fingerprint density at radius 2 is 1.48 bits per heavy atom. The summed E-state index contributed by atoms with van der Waals surface area (Å²) in [6.07, 6.45) is 2.29. The second kappa shape index (κ2) is 6.96. The van der Waals surface area contributed by atoms with E-state index >= 15 is 0 Å². The molecule has 1 aliphatic rings. The SMILES string of the molecule is O=C(Cc1ccc(Br)cc1)Nc1ccc(NC(=O)C2CC2)cc1. The minimum atomic E-state index is -0.0675. The van der Waals surface area contributed by atoms with Crippen LogP contribution in [0, 0.1) is 5.92 Å². The predicted molar refractivity (Wildman–Crippen MR) is 94.3 cm³/mol. The molecule has 0 saturated heterocycles. The molecule has 0 atom stereocenters. The van der Waals surface area contributed by atoms with Crippen molar-refractivity contribution in [3.05, 3.63) is 58.6 Å². The fourth-order valence-electron chi connectivity index (χ4n) is 2.22. The molecule has 2 aromatic rings. The van der Waals surface area contributed by atoms with Gasteiger partial charge in [0.05, 0.1) is 6.42 Å². The molecule has 4 nitrogen and oxygen atoms in total. The van der Waals surface area contributed by atoms with Gasteiger partial charge in [0, 0.05) is 21.8 Å². The topological polar surface area (TPSA) is 58.2 Å². The Balaban J connectivity index is 1.53. The predicted octanol–water partition coefficient (Wildman–Crippen LogP) is 3.98. The second-order valence-corrected chi connectivity index (χ2v) is 6.61. The van der Waals surface area contributed by atoms with Gasteiger partial charge in [-0.1, -0.05) is 28.1 Å². The van der Waals surface area contributed by atoms with E-state index in [4.69, 9.17) is 0 Å². The Bertz CT molecular complexity index is 707. The Kier molecular flexibility index (Phi) is 4.76. The average molecular weight is 373 g/mol. The van der Waals surface area contributed by atoms with E-state index in [1.54, 1.807) is 24.3 Å². The first-order valence-electron chi connectivity index (χ1n) is 7.55. The highest BCUT2D eigenvalue weighted by Crippen LogP contribution is 2.30. The lowest BCUT2D eigenvalue weighted by atomic mass is 10.1. The molecule has 2 N–H and O–H groups in total. The third-order valence-corrected chi connectivity index (χ3v) is 4.19. The normalized spacial score (nSPS) is 13.4. The van der Waals surface area contributed by atoms with Crippen LogP contribution in [0.4, 0.5) is 11.4 Å². The molecule has 2 aromatic carbocycles. The van der Waals surface area contributed by atoms with Gasteiger partial charge in [0.25, 0.3) is 0 Å². The molecule has 0 spiro atoms. The van der Waals surface area contributed by atoms with Crippen LogP contribution < -0.4 is 10.6 Å². The van der Waals surface area contributed by atoms with E-state index < -0.39 is 0 Å². The summed E-state index contributed by atoms with van der Waals surface area (Å²) < 4.78 is 0.991. The number of rotatable bonds is 5. The van der Waals surface area contributed by atoms with Crippen LogP contribution >= 0.6 is 15.9 Å². The van der Waals surface area contributed by atoms with Crippen LogP contribution in [0.15, 0.2) is 53.0 Å². The van der Waals surface area contributed by atoms with Crippen LogP contribution in [-0.2, 0) is 16.0 Å². The lowest BCUT2D eigenvalue weighted by Crippen LogP contribution is -2.15. The number of hydrogen-bond donors (Lipinski definition) is 2. The first-order chi connectivity index (χ1) is 11.1. The Morgan fingerprint density at radius 1 is 0.913 bits per heavy atom. The smallest absolute Gasteiger partial charge is 0.228 e. The number of carbonyl (C=O) groups excluding carboxylic acids is 2. The summed E-state index contributed by atoms with van der Waals surface area (Å²) in [7, 11) is 0.